The molecule has 0 fully saturated rings. The van der Waals surface area contributed by atoms with Gasteiger partial charge < -0.3 is 43.0 Å². The number of allylic oxidation sites excluding steroid dienone is 3. The van der Waals surface area contributed by atoms with Gasteiger partial charge in [-0.3, -0.25) is 0 Å². The molecule has 0 N–H and O–H groups in total. The summed E-state index contributed by atoms with van der Waals surface area (Å²) >= 11 is 44.6. The molecular formula is C77H95Cl8KO9. The van der Waals surface area contributed by atoms with E-state index in [0.717, 1.165) is 59.0 Å². The maximum absolute atomic E-state index is 10.1. The molecule has 6 atom stereocenters. The van der Waals surface area contributed by atoms with Crippen LogP contribution in [0.1, 0.15) is 82.6 Å². The average molecular weight is 1490 g/mol. The van der Waals surface area contributed by atoms with Crippen molar-refractivity contribution in [2.75, 3.05) is 26.2 Å². The molecule has 0 amide bonds. The van der Waals surface area contributed by atoms with Crippen molar-refractivity contribution in [2.45, 2.75) is 121 Å². The molecule has 0 heterocycles. The van der Waals surface area contributed by atoms with E-state index in [2.05, 4.69) is 18.5 Å². The van der Waals surface area contributed by atoms with Gasteiger partial charge in [0.15, 0.2) is 11.1 Å². The van der Waals surface area contributed by atoms with Gasteiger partial charge in [-0.1, -0.05) is 220 Å². The maximum atomic E-state index is 10.1. The zero-order chi connectivity index (χ0) is 70.5. The summed E-state index contributed by atoms with van der Waals surface area (Å²) < 4.78 is 42.2. The zero-order valence-electron chi connectivity index (χ0n) is 57.0. The van der Waals surface area contributed by atoms with Crippen LogP contribution in [-0.2, 0) is 0 Å². The number of hydrogen-bond donors (Lipinski definition) is 0. The first-order valence-corrected chi connectivity index (χ1v) is 33.9. The van der Waals surface area contributed by atoms with E-state index >= 15 is 0 Å². The second-order valence-corrected chi connectivity index (χ2v) is 24.3. The van der Waals surface area contributed by atoms with Crippen molar-refractivity contribution in [1.82, 2.24) is 0 Å². The van der Waals surface area contributed by atoms with E-state index < -0.39 is 16.7 Å². The Morgan fingerprint density at radius 3 is 0.832 bits per heavy atom. The van der Waals surface area contributed by atoms with Crippen LogP contribution in [0.15, 0.2) is 279 Å². The van der Waals surface area contributed by atoms with Crippen LogP contribution in [0.4, 0.5) is 0 Å². The number of rotatable bonds is 21. The van der Waals surface area contributed by atoms with E-state index in [4.69, 9.17) is 119 Å². The van der Waals surface area contributed by atoms with E-state index in [1.54, 1.807) is 54.1 Å². The van der Waals surface area contributed by atoms with E-state index in [1.165, 1.54) is 12.6 Å². The number of benzene rings is 8. The minimum atomic E-state index is -0.750. The molecule has 9 nitrogen and oxygen atoms in total. The molecule has 0 radical (unpaired) electrons. The first-order chi connectivity index (χ1) is 45.1. The van der Waals surface area contributed by atoms with E-state index in [1.807, 2.05) is 283 Å². The molecule has 0 saturated heterocycles. The van der Waals surface area contributed by atoms with E-state index in [0.29, 0.717) is 18.2 Å². The molecule has 0 aliphatic heterocycles. The van der Waals surface area contributed by atoms with Gasteiger partial charge in [0.2, 0.25) is 0 Å². The van der Waals surface area contributed by atoms with E-state index in [9.17, 15) is 5.11 Å². The topological polar surface area (TPSA) is 96.9 Å². The fraction of sp³-hybridized carbons (Fsp3) is 0.299. The Morgan fingerprint density at radius 1 is 0.400 bits per heavy atom. The molecule has 0 bridgehead atoms. The molecule has 0 saturated carbocycles. The summed E-state index contributed by atoms with van der Waals surface area (Å²) in [6, 6.07) is 76.8. The fourth-order valence-corrected chi connectivity index (χ4v) is 6.06. The fourth-order valence-electron chi connectivity index (χ4n) is 5.58. The zero-order valence-corrected chi connectivity index (χ0v) is 66.1. The third kappa shape index (κ3) is 65.0. The van der Waals surface area contributed by atoms with Crippen molar-refractivity contribution in [2.24, 2.45) is 0 Å². The molecule has 0 aliphatic rings. The van der Waals surface area contributed by atoms with Crippen LogP contribution < -0.4 is 94.4 Å². The van der Waals surface area contributed by atoms with Gasteiger partial charge in [0.05, 0.1) is 45.7 Å². The van der Waals surface area contributed by atoms with Crippen molar-refractivity contribution in [3.63, 3.8) is 0 Å². The van der Waals surface area contributed by atoms with Crippen LogP contribution in [0.5, 0.6) is 46.0 Å². The molecule has 6 unspecified atom stereocenters. The molecule has 8 aromatic rings. The summed E-state index contributed by atoms with van der Waals surface area (Å²) in [4.78, 5) is 0. The van der Waals surface area contributed by atoms with Crippen LogP contribution in [0.2, 0.25) is 0 Å². The molecule has 0 aliphatic carbocycles. The van der Waals surface area contributed by atoms with Gasteiger partial charge in [-0.2, -0.15) is 0 Å². The van der Waals surface area contributed by atoms with Gasteiger partial charge in [-0.25, -0.2) is 0 Å². The van der Waals surface area contributed by atoms with Crippen molar-refractivity contribution >= 4 is 92.8 Å². The van der Waals surface area contributed by atoms with Crippen LogP contribution >= 0.6 is 92.8 Å². The quantitative estimate of drug-likeness (QED) is 0.0396. The summed E-state index contributed by atoms with van der Waals surface area (Å²) in [5, 5.41) is 10.5. The summed E-state index contributed by atoms with van der Waals surface area (Å²) in [6.45, 7) is 21.9. The predicted octanol–water partition coefficient (Wildman–Crippen LogP) is 20.7. The van der Waals surface area contributed by atoms with Gasteiger partial charge in [0.1, 0.15) is 65.5 Å². The van der Waals surface area contributed by atoms with Crippen LogP contribution in [0, 0.1) is 0 Å². The largest absolute Gasteiger partial charge is 1.00 e. The van der Waals surface area contributed by atoms with Gasteiger partial charge in [-0.05, 0) is 152 Å². The molecule has 95 heavy (non-hydrogen) atoms. The SMILES string of the molecule is C/C(Cl)=C/Oc1ccccc1.C/C=C/Oc1ccccc1.C/C=C\Oc1ccccc1.CC(C)(C)[O-].CC(Cl)C(Cl)Oc1ccccc1.CC(Cl)C(Cl)Oc1ccccc1.CC(Cl)COc1ccccc1.CC(Cl)COc1ccccc1.CCCOc1ccccc1.CCl.[K+]. The summed E-state index contributed by atoms with van der Waals surface area (Å²) in [6.07, 6.45) is 11.1. The second-order valence-electron chi connectivity index (χ2n) is 19.9. The Balaban J connectivity index is -0.00000100. The van der Waals surface area contributed by atoms with Gasteiger partial charge >= 0.3 is 51.4 Å². The van der Waals surface area contributed by atoms with Crippen LogP contribution in [-0.4, -0.2) is 64.4 Å². The molecular weight excluding hydrogens is 1390 g/mol. The first kappa shape index (κ1) is 94.5. The number of para-hydroxylation sites is 8. The minimum Gasteiger partial charge on any atom is -0.850 e. The number of ether oxygens (including phenoxy) is 8. The van der Waals surface area contributed by atoms with Gasteiger partial charge in [0.25, 0.3) is 0 Å². The average Bonchev–Trinajstić information content (AvgIpc) is 3.49. The Hall–Kier alpha value is -4.70. The van der Waals surface area contributed by atoms with Crippen molar-refractivity contribution in [3.8, 4) is 46.0 Å². The van der Waals surface area contributed by atoms with E-state index in [-0.39, 0.29) is 72.9 Å². The normalized spacial score (nSPS) is 11.9. The third-order valence-electron chi connectivity index (χ3n) is 9.64. The Morgan fingerprint density at radius 2 is 0.621 bits per heavy atom. The molecule has 8 aromatic carbocycles. The van der Waals surface area contributed by atoms with Gasteiger partial charge in [-0.15, -0.1) is 63.6 Å². The number of alkyl halides is 7. The smallest absolute Gasteiger partial charge is 0.850 e. The summed E-state index contributed by atoms with van der Waals surface area (Å²) in [5.41, 5.74) is -1.71. The Labute approximate surface area is 651 Å². The van der Waals surface area contributed by atoms with Crippen molar-refractivity contribution in [1.29, 1.82) is 0 Å². The molecule has 514 valence electrons. The van der Waals surface area contributed by atoms with Gasteiger partial charge in [0, 0.05) is 6.38 Å². The molecule has 8 rings (SSSR count). The second kappa shape index (κ2) is 65.2. The third-order valence-corrected chi connectivity index (χ3v) is 11.6. The molecule has 0 aromatic heterocycles. The number of hydrogen-bond acceptors (Lipinski definition) is 9. The minimum absolute atomic E-state index is 0. The predicted molar refractivity (Wildman–Crippen MR) is 403 cm³/mol. The van der Waals surface area contributed by atoms with Crippen LogP contribution in [0.25, 0.3) is 0 Å². The molecule has 18 heteroatoms. The van der Waals surface area contributed by atoms with Crippen molar-refractivity contribution < 1.29 is 94.4 Å². The Bertz CT molecular complexity index is 2800. The standard InChI is InChI=1S/2C9H10Cl2O.2C9H11ClO.C9H9ClO.C9H12O.2C9H10O.C4H9O.CH3Cl.K/c2*1-7(10)9(11)12-8-5-3-2-4-6-8;3*1-8(10)7-11-9-5-3-2-4-6-9;3*1-2-8-10-9-6-4-3-5-7-9;1-4(2,3)5;1-2;/h2*2-7,9H,1H3;2*2-6,8H,7H2,1H3;2-7H,1H3;3-7H,2,8H2,1H3;2*2-8H,1H3;1-3H3;1H3;/q;;;;;;;;-1;;+1/b;;;;8-7-;;8-2+;8-2-;;;. The molecule has 0 spiro atoms. The maximum Gasteiger partial charge on any atom is 1.00 e. The monoisotopic (exact) mass is 1480 g/mol. The Kier molecular flexibility index (Phi) is 64.9. The summed E-state index contributed by atoms with van der Waals surface area (Å²) in [5.74, 6) is 6.74. The summed E-state index contributed by atoms with van der Waals surface area (Å²) in [7, 11) is 0. The number of halogens is 8. The van der Waals surface area contributed by atoms with Crippen molar-refractivity contribution in [3.05, 3.63) is 279 Å². The van der Waals surface area contributed by atoms with Crippen LogP contribution in [0.3, 0.4) is 0 Å². The first-order valence-electron chi connectivity index (χ1n) is 30.2.